The van der Waals surface area contributed by atoms with Crippen LogP contribution < -0.4 is 15.9 Å². The fourth-order valence-electron chi connectivity index (χ4n) is 2.65. The van der Waals surface area contributed by atoms with Gasteiger partial charge in [-0.05, 0) is 36.8 Å². The van der Waals surface area contributed by atoms with E-state index in [9.17, 15) is 0 Å². The SMILES string of the molecule is C=C(NNCCCCC)C1=NN(c2ccc(Cl)cc2Cl)CC1.Clc1ccccc1. The Morgan fingerprint density at radius 3 is 2.45 bits per heavy atom. The summed E-state index contributed by atoms with van der Waals surface area (Å²) in [5.41, 5.74) is 8.91. The lowest BCUT2D eigenvalue weighted by Gasteiger charge is -2.15. The summed E-state index contributed by atoms with van der Waals surface area (Å²) in [4.78, 5) is 0. The standard InChI is InChI=1S/C16H22Cl2N4.C6H5Cl/c1-3-4-5-9-19-20-12(2)15-8-10-22(21-15)16-7-6-13(17)11-14(16)18;7-6-4-2-1-3-5-6/h6-7,11,19-20H,2-5,8-10H2,1H3;1-5H. The molecule has 2 aromatic rings. The first-order valence-electron chi connectivity index (χ1n) is 9.70. The van der Waals surface area contributed by atoms with Gasteiger partial charge in [0.2, 0.25) is 0 Å². The van der Waals surface area contributed by atoms with Crippen LogP contribution in [0.3, 0.4) is 0 Å². The van der Waals surface area contributed by atoms with Crippen LogP contribution in [0.15, 0.2) is 65.9 Å². The molecule has 0 bridgehead atoms. The van der Waals surface area contributed by atoms with Gasteiger partial charge in [-0.25, -0.2) is 5.43 Å². The monoisotopic (exact) mass is 452 g/mol. The van der Waals surface area contributed by atoms with Crippen molar-refractivity contribution in [1.29, 1.82) is 0 Å². The van der Waals surface area contributed by atoms with Crippen molar-refractivity contribution < 1.29 is 0 Å². The molecule has 0 amide bonds. The summed E-state index contributed by atoms with van der Waals surface area (Å²) in [7, 11) is 0. The van der Waals surface area contributed by atoms with Crippen molar-refractivity contribution in [3.05, 3.63) is 75.9 Å². The van der Waals surface area contributed by atoms with Gasteiger partial charge in [0.1, 0.15) is 0 Å². The van der Waals surface area contributed by atoms with Gasteiger partial charge in [-0.1, -0.05) is 79.3 Å². The van der Waals surface area contributed by atoms with Gasteiger partial charge in [0.05, 0.1) is 22.1 Å². The molecule has 1 heterocycles. The van der Waals surface area contributed by atoms with Gasteiger partial charge >= 0.3 is 0 Å². The average molecular weight is 454 g/mol. The molecule has 4 nitrogen and oxygen atoms in total. The molecule has 0 fully saturated rings. The summed E-state index contributed by atoms with van der Waals surface area (Å²) in [6.07, 6.45) is 4.42. The number of allylic oxidation sites excluding steroid dienone is 1. The van der Waals surface area contributed by atoms with Gasteiger partial charge in [0, 0.05) is 29.6 Å². The van der Waals surface area contributed by atoms with Crippen LogP contribution in [-0.4, -0.2) is 18.8 Å². The lowest BCUT2D eigenvalue weighted by atomic mass is 10.2. The number of unbranched alkanes of at least 4 members (excludes halogenated alkanes) is 2. The Morgan fingerprint density at radius 1 is 1.07 bits per heavy atom. The first-order chi connectivity index (χ1) is 14.0. The second-order valence-electron chi connectivity index (χ2n) is 6.55. The number of hydrazine groups is 1. The third-order valence-electron chi connectivity index (χ3n) is 4.22. The van der Waals surface area contributed by atoms with Crippen molar-refractivity contribution in [3.8, 4) is 0 Å². The zero-order valence-corrected chi connectivity index (χ0v) is 18.9. The number of nitrogens with zero attached hydrogens (tertiary/aromatic N) is 2. The number of hydrogen-bond donors (Lipinski definition) is 2. The predicted octanol–water partition coefficient (Wildman–Crippen LogP) is 6.70. The van der Waals surface area contributed by atoms with E-state index in [-0.39, 0.29) is 0 Å². The Balaban J connectivity index is 0.000000360. The predicted molar refractivity (Wildman–Crippen MR) is 127 cm³/mol. The van der Waals surface area contributed by atoms with Crippen LogP contribution in [0.25, 0.3) is 0 Å². The van der Waals surface area contributed by atoms with E-state index in [0.717, 1.165) is 48.0 Å². The van der Waals surface area contributed by atoms with E-state index >= 15 is 0 Å². The molecule has 156 valence electrons. The number of rotatable bonds is 8. The molecule has 7 heteroatoms. The number of halogens is 3. The van der Waals surface area contributed by atoms with Crippen LogP contribution in [0, 0.1) is 0 Å². The van der Waals surface area contributed by atoms with Crippen LogP contribution in [-0.2, 0) is 0 Å². The highest BCUT2D eigenvalue weighted by Crippen LogP contribution is 2.31. The molecule has 3 rings (SSSR count). The minimum absolute atomic E-state index is 0.605. The second kappa shape index (κ2) is 12.8. The third kappa shape index (κ3) is 8.27. The largest absolute Gasteiger partial charge is 0.320 e. The van der Waals surface area contributed by atoms with Gasteiger partial charge in [-0.3, -0.25) is 5.01 Å². The molecular weight excluding hydrogens is 427 g/mol. The Bertz CT molecular complexity index is 809. The molecule has 29 heavy (non-hydrogen) atoms. The van der Waals surface area contributed by atoms with Crippen LogP contribution in [0.2, 0.25) is 15.1 Å². The average Bonchev–Trinajstić information content (AvgIpc) is 3.19. The smallest absolute Gasteiger partial charge is 0.0866 e. The first kappa shape index (κ1) is 23.6. The molecule has 0 saturated carbocycles. The molecule has 0 atom stereocenters. The molecule has 0 aliphatic carbocycles. The van der Waals surface area contributed by atoms with Gasteiger partial charge in [-0.15, -0.1) is 0 Å². The normalized spacial score (nSPS) is 12.8. The highest BCUT2D eigenvalue weighted by Gasteiger charge is 2.19. The van der Waals surface area contributed by atoms with Crippen molar-refractivity contribution in [3.63, 3.8) is 0 Å². The highest BCUT2D eigenvalue weighted by molar-refractivity contribution is 6.36. The molecular formula is C22H27Cl3N4. The quantitative estimate of drug-likeness (QED) is 0.345. The number of hydrazone groups is 1. The minimum atomic E-state index is 0.605. The van der Waals surface area contributed by atoms with Gasteiger partial charge in [-0.2, -0.15) is 5.10 Å². The number of hydrogen-bond acceptors (Lipinski definition) is 4. The van der Waals surface area contributed by atoms with Crippen molar-refractivity contribution in [2.75, 3.05) is 18.1 Å². The maximum absolute atomic E-state index is 6.22. The fraction of sp³-hybridized carbons (Fsp3) is 0.318. The summed E-state index contributed by atoms with van der Waals surface area (Å²) in [6.45, 7) is 7.93. The minimum Gasteiger partial charge on any atom is -0.320 e. The van der Waals surface area contributed by atoms with Crippen molar-refractivity contribution in [1.82, 2.24) is 10.9 Å². The topological polar surface area (TPSA) is 39.7 Å². The molecule has 0 saturated heterocycles. The molecule has 0 radical (unpaired) electrons. The zero-order chi connectivity index (χ0) is 21.1. The fourth-order valence-corrected chi connectivity index (χ4v) is 3.30. The summed E-state index contributed by atoms with van der Waals surface area (Å²) < 4.78 is 0. The Labute approximate surface area is 188 Å². The Morgan fingerprint density at radius 2 is 1.83 bits per heavy atom. The summed E-state index contributed by atoms with van der Waals surface area (Å²) in [6, 6.07) is 14.9. The van der Waals surface area contributed by atoms with Gasteiger partial charge in [0.25, 0.3) is 0 Å². The molecule has 2 N–H and O–H groups in total. The highest BCUT2D eigenvalue weighted by atomic mass is 35.5. The molecule has 1 aliphatic heterocycles. The van der Waals surface area contributed by atoms with Crippen molar-refractivity contribution in [2.45, 2.75) is 32.6 Å². The van der Waals surface area contributed by atoms with E-state index in [1.807, 2.05) is 47.5 Å². The lowest BCUT2D eigenvalue weighted by Crippen LogP contribution is -2.34. The summed E-state index contributed by atoms with van der Waals surface area (Å²) >= 11 is 17.7. The molecule has 0 spiro atoms. The van der Waals surface area contributed by atoms with Crippen LogP contribution >= 0.6 is 34.8 Å². The third-order valence-corrected chi connectivity index (χ3v) is 5.01. The van der Waals surface area contributed by atoms with E-state index in [1.165, 1.54) is 12.8 Å². The Kier molecular flexibility index (Phi) is 10.4. The zero-order valence-electron chi connectivity index (χ0n) is 16.6. The van der Waals surface area contributed by atoms with Gasteiger partial charge in [0.15, 0.2) is 0 Å². The number of nitrogens with one attached hydrogen (secondary N) is 2. The first-order valence-corrected chi connectivity index (χ1v) is 10.8. The van der Waals surface area contributed by atoms with Crippen molar-refractivity contribution in [2.24, 2.45) is 5.10 Å². The number of benzene rings is 2. The van der Waals surface area contributed by atoms with Crippen LogP contribution in [0.1, 0.15) is 32.6 Å². The Hall–Kier alpha value is -1.72. The lowest BCUT2D eigenvalue weighted by molar-refractivity contribution is 0.569. The van der Waals surface area contributed by atoms with E-state index in [4.69, 9.17) is 34.8 Å². The van der Waals surface area contributed by atoms with E-state index < -0.39 is 0 Å². The van der Waals surface area contributed by atoms with E-state index in [0.29, 0.717) is 10.0 Å². The molecule has 2 aromatic carbocycles. The van der Waals surface area contributed by atoms with E-state index in [1.54, 1.807) is 6.07 Å². The van der Waals surface area contributed by atoms with Crippen LogP contribution in [0.5, 0.6) is 0 Å². The number of anilines is 1. The maximum atomic E-state index is 6.22. The van der Waals surface area contributed by atoms with Crippen molar-refractivity contribution >= 4 is 46.2 Å². The van der Waals surface area contributed by atoms with Gasteiger partial charge < -0.3 is 5.43 Å². The summed E-state index contributed by atoms with van der Waals surface area (Å²) in [5.74, 6) is 0. The maximum Gasteiger partial charge on any atom is 0.0866 e. The summed E-state index contributed by atoms with van der Waals surface area (Å²) in [5, 5.41) is 8.49. The molecule has 0 aromatic heterocycles. The molecule has 1 aliphatic rings. The molecule has 0 unspecified atom stereocenters. The second-order valence-corrected chi connectivity index (χ2v) is 7.83. The van der Waals surface area contributed by atoms with Crippen LogP contribution in [0.4, 0.5) is 5.69 Å². The van der Waals surface area contributed by atoms with E-state index in [2.05, 4.69) is 29.5 Å².